The van der Waals surface area contributed by atoms with Crippen molar-refractivity contribution in [3.63, 3.8) is 0 Å². The van der Waals surface area contributed by atoms with Gasteiger partial charge >= 0.3 is 5.69 Å². The van der Waals surface area contributed by atoms with Crippen molar-refractivity contribution in [2.45, 2.75) is 45.4 Å². The number of rotatable bonds is 6. The fraction of sp³-hybridized carbons (Fsp3) is 0.360. The maximum Gasteiger partial charge on any atom is 0.316 e. The second-order valence-corrected chi connectivity index (χ2v) is 9.64. The minimum atomic E-state index is -0.999. The maximum absolute atomic E-state index is 11.0. The van der Waals surface area contributed by atoms with Gasteiger partial charge in [0.15, 0.2) is 11.4 Å². The first-order valence-corrected chi connectivity index (χ1v) is 11.7. The third-order valence-electron chi connectivity index (χ3n) is 5.00. The van der Waals surface area contributed by atoms with E-state index in [1.54, 1.807) is 62.6 Å². The molecule has 0 radical (unpaired) electrons. The molecule has 3 aromatic rings. The summed E-state index contributed by atoms with van der Waals surface area (Å²) in [5, 5.41) is 35.5. The molecule has 1 fully saturated rings. The predicted molar refractivity (Wildman–Crippen MR) is 139 cm³/mol. The molecular formula is C25H29N7O6. The Hall–Kier alpha value is -4.36. The summed E-state index contributed by atoms with van der Waals surface area (Å²) in [6.45, 7) is 8.86. The maximum atomic E-state index is 11.0. The number of pyridine rings is 2. The van der Waals surface area contributed by atoms with E-state index in [1.165, 1.54) is 17.0 Å². The number of hydrogen-bond donors (Lipinski definition) is 1. The van der Waals surface area contributed by atoms with E-state index >= 15 is 0 Å². The molecule has 2 aliphatic heterocycles. The molecule has 0 unspecified atom stereocenters. The van der Waals surface area contributed by atoms with Crippen LogP contribution in [0.5, 0.6) is 0 Å². The predicted octanol–water partition coefficient (Wildman–Crippen LogP) is 3.46. The van der Waals surface area contributed by atoms with Gasteiger partial charge in [0.1, 0.15) is 6.20 Å². The highest BCUT2D eigenvalue weighted by molar-refractivity contribution is 6.10. The molecule has 38 heavy (non-hydrogen) atoms. The monoisotopic (exact) mass is 523 g/mol. The van der Waals surface area contributed by atoms with E-state index < -0.39 is 15.4 Å². The first-order valence-electron chi connectivity index (χ1n) is 11.7. The zero-order chi connectivity index (χ0) is 27.9. The minimum Gasteiger partial charge on any atom is -0.389 e. The summed E-state index contributed by atoms with van der Waals surface area (Å²) >= 11 is 0. The molecule has 0 atom stereocenters. The highest BCUT2D eigenvalue weighted by atomic mass is 16.6. The molecule has 0 bridgehead atoms. The Kier molecular flexibility index (Phi) is 8.76. The summed E-state index contributed by atoms with van der Waals surface area (Å²) in [5.74, 6) is 0. The standard InChI is InChI=1S/C12H14N4O3.C9H7N3O2.C4H8O/c1-12(2,17)8-15-7-10(16(18)19)11(14-15)9-5-3-4-6-13-9;13-12(14)8-4-6-11-9(8)7-3-1-2-5-10-7;1-4(2)3-5-4/h3-7,17H,8H2,1-2H3;1-5H,6H2;3H2,1-2H3. The van der Waals surface area contributed by atoms with Crippen LogP contribution < -0.4 is 0 Å². The van der Waals surface area contributed by atoms with Gasteiger partial charge in [-0.2, -0.15) is 5.10 Å². The van der Waals surface area contributed by atoms with Crippen molar-refractivity contribution in [2.24, 2.45) is 4.99 Å². The van der Waals surface area contributed by atoms with Gasteiger partial charge in [-0.25, -0.2) is 0 Å². The lowest BCUT2D eigenvalue weighted by molar-refractivity contribution is -0.414. The van der Waals surface area contributed by atoms with Gasteiger partial charge in [0.25, 0.3) is 5.70 Å². The van der Waals surface area contributed by atoms with Crippen molar-refractivity contribution in [3.8, 4) is 11.4 Å². The molecule has 1 N–H and O–H groups in total. The van der Waals surface area contributed by atoms with E-state index in [0.29, 0.717) is 23.6 Å². The molecule has 1 saturated heterocycles. The Morgan fingerprint density at radius 1 is 1.05 bits per heavy atom. The van der Waals surface area contributed by atoms with Gasteiger partial charge in [-0.05, 0) is 52.0 Å². The van der Waals surface area contributed by atoms with Gasteiger partial charge in [0.2, 0.25) is 0 Å². The number of hydrogen-bond acceptors (Lipinski definition) is 10. The smallest absolute Gasteiger partial charge is 0.316 e. The van der Waals surface area contributed by atoms with Crippen molar-refractivity contribution < 1.29 is 19.7 Å². The first-order chi connectivity index (χ1) is 17.9. The lowest BCUT2D eigenvalue weighted by Crippen LogP contribution is -2.26. The van der Waals surface area contributed by atoms with E-state index in [-0.39, 0.29) is 29.2 Å². The zero-order valence-corrected chi connectivity index (χ0v) is 21.5. The van der Waals surface area contributed by atoms with Crippen LogP contribution in [0, 0.1) is 20.2 Å². The number of nitro groups is 2. The molecule has 5 rings (SSSR count). The van der Waals surface area contributed by atoms with Gasteiger partial charge < -0.3 is 9.84 Å². The van der Waals surface area contributed by atoms with Crippen molar-refractivity contribution in [1.29, 1.82) is 0 Å². The van der Waals surface area contributed by atoms with Gasteiger partial charge in [-0.1, -0.05) is 12.1 Å². The average molecular weight is 524 g/mol. The molecule has 13 heteroatoms. The van der Waals surface area contributed by atoms with Crippen LogP contribution in [0.25, 0.3) is 11.4 Å². The molecule has 200 valence electrons. The molecule has 2 aliphatic rings. The highest BCUT2D eigenvalue weighted by Gasteiger charge is 2.32. The summed E-state index contributed by atoms with van der Waals surface area (Å²) in [7, 11) is 0. The van der Waals surface area contributed by atoms with Crippen LogP contribution in [0.1, 0.15) is 33.4 Å². The molecular weight excluding hydrogens is 494 g/mol. The van der Waals surface area contributed by atoms with Crippen molar-refractivity contribution in [1.82, 2.24) is 19.7 Å². The minimum absolute atomic E-state index is 0.0451. The Bertz CT molecular complexity index is 1320. The molecule has 3 aromatic heterocycles. The van der Waals surface area contributed by atoms with E-state index in [1.807, 2.05) is 0 Å². The van der Waals surface area contributed by atoms with Gasteiger partial charge in [0.05, 0.1) is 52.1 Å². The number of allylic oxidation sites excluding steroid dienone is 1. The Balaban J connectivity index is 0.000000183. The second-order valence-electron chi connectivity index (χ2n) is 9.64. The SMILES string of the molecule is CC(C)(O)Cn1cc([N+](=O)[O-])c(-c2ccccn2)n1.CC1(C)CO1.O=[N+]([O-])C1=CCN=C1c1ccccn1. The zero-order valence-electron chi connectivity index (χ0n) is 21.5. The van der Waals surface area contributed by atoms with Crippen LogP contribution in [0.2, 0.25) is 0 Å². The Labute approximate surface area is 218 Å². The highest BCUT2D eigenvalue weighted by Crippen LogP contribution is 2.27. The summed E-state index contributed by atoms with van der Waals surface area (Å²) in [4.78, 5) is 32.8. The Morgan fingerprint density at radius 3 is 2.08 bits per heavy atom. The van der Waals surface area contributed by atoms with E-state index in [0.717, 1.165) is 6.61 Å². The summed E-state index contributed by atoms with van der Waals surface area (Å²) in [6.07, 6.45) is 5.94. The van der Waals surface area contributed by atoms with E-state index in [9.17, 15) is 25.3 Å². The summed E-state index contributed by atoms with van der Waals surface area (Å²) in [5.41, 5.74) is 0.732. The fourth-order valence-corrected chi connectivity index (χ4v) is 3.13. The topological polar surface area (TPSA) is 175 Å². The van der Waals surface area contributed by atoms with E-state index in [4.69, 9.17) is 4.74 Å². The molecule has 0 aromatic carbocycles. The lowest BCUT2D eigenvalue weighted by atomic mass is 10.1. The molecule has 0 saturated carbocycles. The quantitative estimate of drug-likeness (QED) is 0.288. The lowest BCUT2D eigenvalue weighted by Gasteiger charge is -2.16. The number of nitrogens with zero attached hydrogens (tertiary/aromatic N) is 7. The molecule has 0 spiro atoms. The molecule has 0 aliphatic carbocycles. The van der Waals surface area contributed by atoms with Crippen LogP contribution in [0.3, 0.4) is 0 Å². The van der Waals surface area contributed by atoms with Crippen LogP contribution in [-0.2, 0) is 11.3 Å². The molecule has 13 nitrogen and oxygen atoms in total. The van der Waals surface area contributed by atoms with Crippen LogP contribution in [0.4, 0.5) is 5.69 Å². The average Bonchev–Trinajstić information content (AvgIpc) is 3.25. The largest absolute Gasteiger partial charge is 0.389 e. The summed E-state index contributed by atoms with van der Waals surface area (Å²) < 4.78 is 6.26. The Morgan fingerprint density at radius 2 is 1.63 bits per heavy atom. The van der Waals surface area contributed by atoms with Crippen LogP contribution in [-0.4, -0.2) is 64.8 Å². The van der Waals surface area contributed by atoms with Crippen molar-refractivity contribution >= 4 is 11.4 Å². The number of ether oxygens (including phenoxy) is 1. The van der Waals surface area contributed by atoms with Gasteiger partial charge in [0, 0.05) is 18.5 Å². The van der Waals surface area contributed by atoms with Gasteiger partial charge in [-0.3, -0.25) is 39.9 Å². The number of aliphatic imine (C=N–C) groups is 1. The van der Waals surface area contributed by atoms with Gasteiger partial charge in [-0.15, -0.1) is 0 Å². The number of aliphatic hydroxyl groups is 1. The molecule has 0 amide bonds. The normalized spacial score (nSPS) is 15.2. The summed E-state index contributed by atoms with van der Waals surface area (Å²) in [6, 6.07) is 10.4. The van der Waals surface area contributed by atoms with Crippen LogP contribution in [0.15, 0.2) is 71.8 Å². The van der Waals surface area contributed by atoms with Crippen LogP contribution >= 0.6 is 0 Å². The first kappa shape index (κ1) is 28.2. The number of aromatic nitrogens is 4. The third kappa shape index (κ3) is 8.35. The number of epoxide rings is 1. The third-order valence-corrected chi connectivity index (χ3v) is 5.00. The molecule has 5 heterocycles. The van der Waals surface area contributed by atoms with Crippen molar-refractivity contribution in [2.75, 3.05) is 13.2 Å². The second kappa shape index (κ2) is 11.8. The van der Waals surface area contributed by atoms with Crippen molar-refractivity contribution in [3.05, 3.63) is 92.7 Å². The fourth-order valence-electron chi connectivity index (χ4n) is 3.13. The van der Waals surface area contributed by atoms with E-state index in [2.05, 4.69) is 33.9 Å².